The fourth-order valence-electron chi connectivity index (χ4n) is 4.41. The molecule has 1 aromatic carbocycles. The van der Waals surface area contributed by atoms with Crippen molar-refractivity contribution in [1.82, 2.24) is 20.1 Å². The molecule has 10 nitrogen and oxygen atoms in total. The molecular formula is C26H33N6O4S3+. The van der Waals surface area contributed by atoms with Crippen molar-refractivity contribution in [1.29, 1.82) is 5.41 Å². The Morgan fingerprint density at radius 3 is 2.85 bits per heavy atom. The summed E-state index contributed by atoms with van der Waals surface area (Å²) in [7, 11) is 6.08. The van der Waals surface area contributed by atoms with E-state index in [1.807, 2.05) is 48.4 Å². The average Bonchev–Trinajstić information content (AvgIpc) is 3.32. The van der Waals surface area contributed by atoms with Crippen LogP contribution in [0.4, 0.5) is 0 Å². The van der Waals surface area contributed by atoms with Gasteiger partial charge in [-0.25, -0.2) is 9.78 Å². The number of likely N-dealkylation sites (N-methyl/N-ethyl adjacent to an activating group) is 1. The van der Waals surface area contributed by atoms with E-state index in [2.05, 4.69) is 24.4 Å². The molecule has 0 bridgehead atoms. The Morgan fingerprint density at radius 2 is 2.13 bits per heavy atom. The first-order valence-corrected chi connectivity index (χ1v) is 15.3. The molecule has 0 saturated carbocycles. The SMILES string of the molecule is CN(C=N)CCC[N+](C)(C)C/C=C/C1=C(C(=O)O)N2C(=O)[C@@H](NC(=O)CSc3nc4ccccc4s3)[C@H]2SC1. The van der Waals surface area contributed by atoms with Gasteiger partial charge in [-0.3, -0.25) is 19.9 Å². The fraction of sp³-hybridized carbons (Fsp3) is 0.423. The van der Waals surface area contributed by atoms with Crippen LogP contribution in [0.3, 0.4) is 0 Å². The predicted octanol–water partition coefficient (Wildman–Crippen LogP) is 2.69. The van der Waals surface area contributed by atoms with Crippen molar-refractivity contribution in [3.05, 3.63) is 47.7 Å². The highest BCUT2D eigenvalue weighted by molar-refractivity contribution is 8.01. The molecule has 2 atom stereocenters. The molecule has 1 aromatic heterocycles. The molecule has 0 unspecified atom stereocenters. The number of carbonyl (C=O) groups is 3. The van der Waals surface area contributed by atoms with E-state index in [0.717, 1.165) is 38.5 Å². The molecular weight excluding hydrogens is 557 g/mol. The van der Waals surface area contributed by atoms with Crippen LogP contribution < -0.4 is 5.32 Å². The molecule has 13 heteroatoms. The van der Waals surface area contributed by atoms with Gasteiger partial charge >= 0.3 is 5.97 Å². The smallest absolute Gasteiger partial charge is 0.352 e. The molecule has 3 heterocycles. The van der Waals surface area contributed by atoms with Crippen LogP contribution >= 0.6 is 34.9 Å². The summed E-state index contributed by atoms with van der Waals surface area (Å²) >= 11 is 4.30. The number of carboxylic acids is 1. The predicted molar refractivity (Wildman–Crippen MR) is 157 cm³/mol. The van der Waals surface area contributed by atoms with Crippen LogP contribution in [0.2, 0.25) is 0 Å². The Bertz CT molecular complexity index is 1290. The Balaban J connectivity index is 1.32. The van der Waals surface area contributed by atoms with E-state index >= 15 is 0 Å². The number of thioether (sulfide) groups is 2. The van der Waals surface area contributed by atoms with Gasteiger partial charge in [0.2, 0.25) is 5.91 Å². The average molecular weight is 590 g/mol. The van der Waals surface area contributed by atoms with E-state index in [1.165, 1.54) is 46.1 Å². The first kappa shape index (κ1) is 29.1. The summed E-state index contributed by atoms with van der Waals surface area (Å²) in [5.41, 5.74) is 1.48. The lowest BCUT2D eigenvalue weighted by molar-refractivity contribution is -0.884. The van der Waals surface area contributed by atoms with Gasteiger partial charge in [-0.15, -0.1) is 23.1 Å². The molecule has 0 spiro atoms. The molecule has 2 aromatic rings. The number of quaternary nitrogens is 1. The Kier molecular flexibility index (Phi) is 9.36. The quantitative estimate of drug-likeness (QED) is 0.107. The second-order valence-corrected chi connectivity index (χ2v) is 13.4. The van der Waals surface area contributed by atoms with Crippen molar-refractivity contribution < 1.29 is 24.0 Å². The Hall–Kier alpha value is -2.87. The van der Waals surface area contributed by atoms with Crippen molar-refractivity contribution >= 4 is 69.2 Å². The van der Waals surface area contributed by atoms with Gasteiger partial charge in [-0.05, 0) is 23.8 Å². The summed E-state index contributed by atoms with van der Waals surface area (Å²) in [4.78, 5) is 45.3. The number of amides is 2. The van der Waals surface area contributed by atoms with Crippen LogP contribution in [0.15, 0.2) is 52.0 Å². The van der Waals surface area contributed by atoms with Gasteiger partial charge in [0, 0.05) is 25.8 Å². The third-order valence-electron chi connectivity index (χ3n) is 6.53. The van der Waals surface area contributed by atoms with E-state index in [4.69, 9.17) is 5.41 Å². The largest absolute Gasteiger partial charge is 0.477 e. The summed E-state index contributed by atoms with van der Waals surface area (Å²) in [6.45, 7) is 2.42. The standard InChI is InChI=1S/C26H32N6O4S3/c1-30(16-27)11-7-13-32(2,3)12-6-8-17-14-37-24-21(23(34)31(24)22(17)25(35)36)29-20(33)15-38-26-28-18-9-4-5-10-19(18)39-26/h4-6,8-10,16,21,24,27H,7,11-15H2,1-3H3,(H-,29,33,35,36)/p+1/b8-6+,27-16?/t21-,24-/m1/s1. The van der Waals surface area contributed by atoms with Gasteiger partial charge in [0.1, 0.15) is 17.1 Å². The van der Waals surface area contributed by atoms with E-state index < -0.39 is 23.3 Å². The summed E-state index contributed by atoms with van der Waals surface area (Å²) in [6, 6.07) is 7.03. The Labute approximate surface area is 240 Å². The van der Waals surface area contributed by atoms with Crippen LogP contribution in [-0.2, 0) is 14.4 Å². The van der Waals surface area contributed by atoms with Crippen LogP contribution in [0.25, 0.3) is 10.2 Å². The summed E-state index contributed by atoms with van der Waals surface area (Å²) in [6.07, 6.45) is 6.01. The maximum absolute atomic E-state index is 13.0. The van der Waals surface area contributed by atoms with Gasteiger partial charge in [-0.1, -0.05) is 30.0 Å². The first-order valence-electron chi connectivity index (χ1n) is 12.5. The minimum atomic E-state index is -1.15. The van der Waals surface area contributed by atoms with E-state index in [1.54, 1.807) is 0 Å². The molecule has 208 valence electrons. The third kappa shape index (κ3) is 7.02. The first-order chi connectivity index (χ1) is 18.6. The highest BCUT2D eigenvalue weighted by atomic mass is 32.2. The van der Waals surface area contributed by atoms with Crippen molar-refractivity contribution in [3.8, 4) is 0 Å². The second-order valence-electron chi connectivity index (χ2n) is 10.1. The molecule has 39 heavy (non-hydrogen) atoms. The number of fused-ring (bicyclic) bond motifs is 2. The van der Waals surface area contributed by atoms with Gasteiger partial charge in [-0.2, -0.15) is 0 Å². The number of para-hydroxylation sites is 1. The Morgan fingerprint density at radius 1 is 1.36 bits per heavy atom. The van der Waals surface area contributed by atoms with E-state index in [0.29, 0.717) is 17.9 Å². The fourth-order valence-corrected chi connectivity index (χ4v) is 7.61. The lowest BCUT2D eigenvalue weighted by atomic mass is 10.0. The molecule has 1 saturated heterocycles. The third-order valence-corrected chi connectivity index (χ3v) is 10.0. The number of benzene rings is 1. The summed E-state index contributed by atoms with van der Waals surface area (Å²) in [5, 5.41) is 19.5. The van der Waals surface area contributed by atoms with E-state index in [-0.39, 0.29) is 17.4 Å². The maximum Gasteiger partial charge on any atom is 0.352 e. The van der Waals surface area contributed by atoms with Crippen molar-refractivity contribution in [2.45, 2.75) is 22.2 Å². The zero-order valence-electron chi connectivity index (χ0n) is 22.1. The maximum atomic E-state index is 13.0. The summed E-state index contributed by atoms with van der Waals surface area (Å²) < 4.78 is 2.56. The lowest BCUT2D eigenvalue weighted by Gasteiger charge is -2.49. The number of carboxylic acid groups (broad SMARTS) is 1. The number of carbonyl (C=O) groups excluding carboxylic acids is 2. The number of aliphatic carboxylic acids is 1. The number of β-lactam (4-membered cyclic amide) rings is 1. The molecule has 2 aliphatic rings. The van der Waals surface area contributed by atoms with E-state index in [9.17, 15) is 19.5 Å². The highest BCUT2D eigenvalue weighted by Gasteiger charge is 2.53. The zero-order valence-corrected chi connectivity index (χ0v) is 24.6. The van der Waals surface area contributed by atoms with Gasteiger partial charge in [0.25, 0.3) is 5.91 Å². The number of nitrogens with one attached hydrogen (secondary N) is 2. The molecule has 0 radical (unpaired) electrons. The molecule has 2 amide bonds. The van der Waals surface area contributed by atoms with Crippen LogP contribution in [0.1, 0.15) is 6.42 Å². The summed E-state index contributed by atoms with van der Waals surface area (Å²) in [5.74, 6) is -1.26. The second kappa shape index (κ2) is 12.5. The number of rotatable bonds is 13. The number of nitrogens with zero attached hydrogens (tertiary/aromatic N) is 4. The van der Waals surface area contributed by atoms with Gasteiger partial charge < -0.3 is 19.8 Å². The van der Waals surface area contributed by atoms with Crippen LogP contribution in [-0.4, -0.2) is 112 Å². The molecule has 3 N–H and O–H groups in total. The minimum absolute atomic E-state index is 0.00716. The molecule has 0 aliphatic carbocycles. The molecule has 4 rings (SSSR count). The van der Waals surface area contributed by atoms with Crippen molar-refractivity contribution in [2.24, 2.45) is 0 Å². The van der Waals surface area contributed by atoms with Crippen LogP contribution in [0.5, 0.6) is 0 Å². The topological polar surface area (TPSA) is 127 Å². The highest BCUT2D eigenvalue weighted by Crippen LogP contribution is 2.40. The number of hydrogen-bond acceptors (Lipinski definition) is 8. The van der Waals surface area contributed by atoms with Gasteiger partial charge in [0.05, 0.1) is 49.5 Å². The zero-order chi connectivity index (χ0) is 28.2. The van der Waals surface area contributed by atoms with Crippen LogP contribution in [0, 0.1) is 5.41 Å². The lowest BCUT2D eigenvalue weighted by Crippen LogP contribution is -2.70. The minimum Gasteiger partial charge on any atom is -0.477 e. The molecule has 1 fully saturated rings. The van der Waals surface area contributed by atoms with Crippen molar-refractivity contribution in [2.75, 3.05) is 52.3 Å². The molecule has 2 aliphatic heterocycles. The number of thiazole rings is 1. The number of allylic oxidation sites excluding steroid dienone is 1. The monoisotopic (exact) mass is 589 g/mol. The van der Waals surface area contributed by atoms with Crippen molar-refractivity contribution in [3.63, 3.8) is 0 Å². The number of hydrogen-bond donors (Lipinski definition) is 3. The number of aromatic nitrogens is 1. The van der Waals surface area contributed by atoms with Gasteiger partial charge in [0.15, 0.2) is 4.34 Å². The normalized spacial score (nSPS) is 19.3.